The van der Waals surface area contributed by atoms with E-state index in [2.05, 4.69) is 26.1 Å². The Bertz CT molecular complexity index is 889. The number of hydrogen-bond donors (Lipinski definition) is 2. The van der Waals surface area contributed by atoms with Crippen molar-refractivity contribution in [1.82, 2.24) is 5.32 Å². The Morgan fingerprint density at radius 2 is 2.06 bits per heavy atom. The molecule has 1 aromatic carbocycles. The molecule has 8 heteroatoms. The number of nitrogens with one attached hydrogen (secondary N) is 1. The Morgan fingerprint density at radius 3 is 2.68 bits per heavy atom. The molecule has 1 aliphatic heterocycles. The highest BCUT2D eigenvalue weighted by atomic mass is 16.7. The van der Waals surface area contributed by atoms with Crippen LogP contribution in [0.1, 0.15) is 62.9 Å². The van der Waals surface area contributed by atoms with Crippen LogP contribution in [0.5, 0.6) is 5.75 Å². The van der Waals surface area contributed by atoms with Gasteiger partial charge in [0.25, 0.3) is 0 Å². The lowest BCUT2D eigenvalue weighted by atomic mass is 9.43. The van der Waals surface area contributed by atoms with Crippen LogP contribution in [0, 0.1) is 17.3 Å². The van der Waals surface area contributed by atoms with Gasteiger partial charge in [0.2, 0.25) is 5.91 Å². The van der Waals surface area contributed by atoms with E-state index < -0.39 is 19.0 Å². The zero-order valence-electron chi connectivity index (χ0n) is 18.9. The molecule has 1 aromatic rings. The minimum atomic E-state index is -1.05. The van der Waals surface area contributed by atoms with Gasteiger partial charge >= 0.3 is 13.1 Å². The van der Waals surface area contributed by atoms with Crippen molar-refractivity contribution in [2.75, 3.05) is 7.11 Å². The number of methoxy groups -OCH3 is 1. The number of ether oxygens (including phenoxy) is 1. The second kappa shape index (κ2) is 7.82. The maximum atomic E-state index is 12.3. The normalized spacial score (nSPS) is 31.4. The molecule has 1 amide bonds. The van der Waals surface area contributed by atoms with Gasteiger partial charge in [0, 0.05) is 6.42 Å². The number of hydrogen-bond acceptors (Lipinski definition) is 5. The van der Waals surface area contributed by atoms with E-state index in [9.17, 15) is 14.7 Å². The Hall–Kier alpha value is -2.06. The van der Waals surface area contributed by atoms with E-state index in [1.54, 1.807) is 13.0 Å². The van der Waals surface area contributed by atoms with Gasteiger partial charge in [-0.05, 0) is 55.1 Å². The monoisotopic (exact) mass is 429 g/mol. The molecule has 3 aliphatic carbocycles. The maximum Gasteiger partial charge on any atom is 0.482 e. The first-order chi connectivity index (χ1) is 14.6. The van der Waals surface area contributed by atoms with Gasteiger partial charge in [0.15, 0.2) is 0 Å². The third-order valence-corrected chi connectivity index (χ3v) is 7.94. The van der Waals surface area contributed by atoms with Crippen molar-refractivity contribution < 1.29 is 28.7 Å². The van der Waals surface area contributed by atoms with Crippen LogP contribution in [0.2, 0.25) is 0 Å². The van der Waals surface area contributed by atoms with Crippen LogP contribution >= 0.6 is 0 Å². The molecule has 2 bridgehead atoms. The summed E-state index contributed by atoms with van der Waals surface area (Å²) in [6, 6.07) is 5.02. The Morgan fingerprint density at radius 1 is 1.32 bits per heavy atom. The topological polar surface area (TPSA) is 94.1 Å². The summed E-state index contributed by atoms with van der Waals surface area (Å²) in [6.07, 6.45) is 2.80. The fraction of sp³-hybridized carbons (Fsp3) is 0.652. The number of benzene rings is 1. The van der Waals surface area contributed by atoms with Crippen molar-refractivity contribution in [2.24, 2.45) is 17.3 Å². The Kier molecular flexibility index (Phi) is 5.59. The lowest BCUT2D eigenvalue weighted by Gasteiger charge is -2.64. The molecule has 4 aliphatic rings. The summed E-state index contributed by atoms with van der Waals surface area (Å²) in [6.45, 7) is 8.56. The van der Waals surface area contributed by atoms with Crippen molar-refractivity contribution in [3.63, 3.8) is 0 Å². The van der Waals surface area contributed by atoms with Crippen molar-refractivity contribution in [1.29, 1.82) is 0 Å². The minimum Gasteiger partial charge on any atom is -0.496 e. The molecule has 2 N–H and O–H groups in total. The second-order valence-corrected chi connectivity index (χ2v) is 9.87. The molecule has 0 spiro atoms. The van der Waals surface area contributed by atoms with Gasteiger partial charge in [0.05, 0.1) is 24.8 Å². The maximum absolute atomic E-state index is 12.3. The highest BCUT2D eigenvalue weighted by Gasteiger charge is 2.68. The fourth-order valence-corrected chi connectivity index (χ4v) is 5.99. The van der Waals surface area contributed by atoms with E-state index in [1.807, 2.05) is 6.07 Å². The molecule has 3 saturated carbocycles. The second-order valence-electron chi connectivity index (χ2n) is 9.87. The van der Waals surface area contributed by atoms with Crippen molar-refractivity contribution >= 4 is 19.0 Å². The molecular formula is C23H32BNO6. The van der Waals surface area contributed by atoms with Gasteiger partial charge in [-0.1, -0.05) is 32.9 Å². The van der Waals surface area contributed by atoms with Gasteiger partial charge in [-0.2, -0.15) is 0 Å². The fourth-order valence-electron chi connectivity index (χ4n) is 5.99. The number of amides is 1. The third-order valence-electron chi connectivity index (χ3n) is 7.94. The number of aromatic carboxylic acids is 1. The van der Waals surface area contributed by atoms with Crippen LogP contribution in [-0.4, -0.2) is 48.9 Å². The summed E-state index contributed by atoms with van der Waals surface area (Å²) in [4.78, 5) is 23.9. The van der Waals surface area contributed by atoms with Crippen LogP contribution in [0.3, 0.4) is 0 Å². The smallest absolute Gasteiger partial charge is 0.482 e. The van der Waals surface area contributed by atoms with Gasteiger partial charge in [-0.25, -0.2) is 4.79 Å². The summed E-state index contributed by atoms with van der Waals surface area (Å²) in [7, 11) is 0.858. The molecule has 5 atom stereocenters. The van der Waals surface area contributed by atoms with Crippen LogP contribution in [-0.2, 0) is 20.5 Å². The van der Waals surface area contributed by atoms with Gasteiger partial charge in [-0.3, -0.25) is 4.79 Å². The molecule has 0 unspecified atom stereocenters. The lowest BCUT2D eigenvalue weighted by molar-refractivity contribution is -0.199. The van der Waals surface area contributed by atoms with Crippen LogP contribution in [0.15, 0.2) is 18.2 Å². The first kappa shape index (κ1) is 22.2. The molecule has 168 valence electrons. The average molecular weight is 429 g/mol. The first-order valence-electron chi connectivity index (χ1n) is 11.1. The molecule has 1 saturated heterocycles. The highest BCUT2D eigenvalue weighted by Crippen LogP contribution is 2.65. The molecule has 0 aromatic heterocycles. The van der Waals surface area contributed by atoms with Gasteiger partial charge in [0.1, 0.15) is 11.3 Å². The number of para-hydroxylation sites is 1. The zero-order chi connectivity index (χ0) is 22.6. The predicted octanol–water partition coefficient (Wildman–Crippen LogP) is 3.10. The van der Waals surface area contributed by atoms with Gasteiger partial charge in [-0.15, -0.1) is 0 Å². The van der Waals surface area contributed by atoms with E-state index in [0.29, 0.717) is 36.0 Å². The van der Waals surface area contributed by atoms with Crippen LogP contribution in [0.4, 0.5) is 0 Å². The van der Waals surface area contributed by atoms with Crippen molar-refractivity contribution in [3.8, 4) is 5.75 Å². The molecule has 31 heavy (non-hydrogen) atoms. The van der Waals surface area contributed by atoms with E-state index in [1.165, 1.54) is 13.2 Å². The molecule has 7 nitrogen and oxygen atoms in total. The molecular weight excluding hydrogens is 397 g/mol. The highest BCUT2D eigenvalue weighted by molar-refractivity contribution is 6.48. The third kappa shape index (κ3) is 3.54. The largest absolute Gasteiger partial charge is 0.496 e. The number of carbonyl (C=O) groups is 2. The summed E-state index contributed by atoms with van der Waals surface area (Å²) < 4.78 is 18.4. The number of carbonyl (C=O) groups excluding carboxylic acids is 1. The van der Waals surface area contributed by atoms with Gasteiger partial charge < -0.3 is 24.5 Å². The lowest BCUT2D eigenvalue weighted by Crippen LogP contribution is -2.65. The number of carboxylic acids is 1. The van der Waals surface area contributed by atoms with E-state index in [-0.39, 0.29) is 28.6 Å². The SMILES string of the molecule is CCC(=O)N[C@@H](Cc1cccc(C(=O)O)c1OC)B1O[C@@H]2C[C@@H]3C[C@@H](C3(C)C)[C@]2(C)O1. The van der Waals surface area contributed by atoms with E-state index in [4.69, 9.17) is 14.0 Å². The summed E-state index contributed by atoms with van der Waals surface area (Å²) >= 11 is 0. The molecule has 1 heterocycles. The molecule has 4 fully saturated rings. The Labute approximate surface area is 184 Å². The summed E-state index contributed by atoms with van der Waals surface area (Å²) in [5, 5.41) is 12.5. The number of carboxylic acid groups (broad SMARTS) is 1. The van der Waals surface area contributed by atoms with E-state index >= 15 is 0 Å². The number of rotatable bonds is 7. The predicted molar refractivity (Wildman–Crippen MR) is 116 cm³/mol. The zero-order valence-corrected chi connectivity index (χ0v) is 18.9. The molecule has 5 rings (SSSR count). The van der Waals surface area contributed by atoms with Crippen molar-refractivity contribution in [3.05, 3.63) is 29.3 Å². The van der Waals surface area contributed by atoms with Crippen molar-refractivity contribution in [2.45, 2.75) is 71.0 Å². The summed E-state index contributed by atoms with van der Waals surface area (Å²) in [5.74, 6) is -0.254. The van der Waals surface area contributed by atoms with Crippen LogP contribution < -0.4 is 10.1 Å². The average Bonchev–Trinajstić information content (AvgIpc) is 3.09. The first-order valence-corrected chi connectivity index (χ1v) is 11.1. The molecule has 0 radical (unpaired) electrons. The van der Waals surface area contributed by atoms with E-state index in [0.717, 1.165) is 12.8 Å². The standard InChI is InChI=1S/C23H32BNO6/c1-6-19(26)25-18(10-13-8-7-9-15(21(27)28)20(13)29-5)24-30-17-12-14-11-16(22(14,2)3)23(17,4)31-24/h7-9,14,16-18H,6,10-12H2,1-5H3,(H,25,26)(H,27,28)/t14-,16-,17+,18-,23-/m0/s1. The Balaban J connectivity index is 1.61. The van der Waals surface area contributed by atoms with Crippen LogP contribution in [0.25, 0.3) is 0 Å². The summed E-state index contributed by atoms with van der Waals surface area (Å²) in [5.41, 5.74) is 0.633. The quantitative estimate of drug-likeness (QED) is 0.647. The minimum absolute atomic E-state index is 0.00236.